The van der Waals surface area contributed by atoms with E-state index in [4.69, 9.17) is 14.8 Å². The van der Waals surface area contributed by atoms with Crippen LogP contribution in [0.3, 0.4) is 0 Å². The van der Waals surface area contributed by atoms with E-state index >= 15 is 0 Å². The van der Waals surface area contributed by atoms with Crippen LogP contribution >= 0.6 is 0 Å². The molecular weight excluding hydrogens is 381 g/mol. The van der Waals surface area contributed by atoms with Crippen LogP contribution in [0.25, 0.3) is 11.4 Å². The third-order valence-corrected chi connectivity index (χ3v) is 5.47. The van der Waals surface area contributed by atoms with Gasteiger partial charge in [-0.3, -0.25) is 0 Å². The lowest BCUT2D eigenvalue weighted by atomic mass is 9.72. The van der Waals surface area contributed by atoms with E-state index in [1.807, 2.05) is 59.3 Å². The molecule has 0 atom stereocenters. The highest BCUT2D eigenvalue weighted by Gasteiger charge is 2.47. The van der Waals surface area contributed by atoms with Crippen LogP contribution < -0.4 is 4.74 Å². The summed E-state index contributed by atoms with van der Waals surface area (Å²) in [5, 5.41) is 13.9. The van der Waals surface area contributed by atoms with E-state index in [0.717, 1.165) is 29.2 Å². The number of aliphatic hydroxyl groups is 1. The maximum absolute atomic E-state index is 14.2. The van der Waals surface area contributed by atoms with E-state index < -0.39 is 12.3 Å². The van der Waals surface area contributed by atoms with Crippen molar-refractivity contribution in [2.75, 3.05) is 6.61 Å². The van der Waals surface area contributed by atoms with Crippen molar-refractivity contribution in [2.24, 2.45) is 5.92 Å². The Balaban J connectivity index is 1.49. The maximum atomic E-state index is 14.2. The molecule has 0 unspecified atom stereocenters. The Labute approximate surface area is 176 Å². The minimum Gasteiger partial charge on any atom is -0.489 e. The first-order valence-corrected chi connectivity index (χ1v) is 10.5. The summed E-state index contributed by atoms with van der Waals surface area (Å²) < 4.78 is 22.0. The minimum atomic E-state index is -1.48. The first-order valence-electron chi connectivity index (χ1n) is 10.5. The van der Waals surface area contributed by atoms with E-state index in [1.54, 1.807) is 0 Å². The summed E-state index contributed by atoms with van der Waals surface area (Å²) >= 11 is 0. The Bertz CT molecular complexity index is 964. The Hall–Kier alpha value is -2.73. The quantitative estimate of drug-likeness (QED) is 0.583. The van der Waals surface area contributed by atoms with Crippen molar-refractivity contribution in [3.8, 4) is 17.1 Å². The summed E-state index contributed by atoms with van der Waals surface area (Å²) in [6.45, 7) is 5.06. The van der Waals surface area contributed by atoms with Crippen LogP contribution in [0.1, 0.15) is 44.0 Å². The molecule has 4 rings (SSSR count). The molecule has 6 heteroatoms. The molecule has 3 aromatic rings. The molecule has 1 aromatic heterocycles. The third-order valence-electron chi connectivity index (χ3n) is 5.47. The van der Waals surface area contributed by atoms with Crippen molar-refractivity contribution in [1.82, 2.24) is 14.8 Å². The van der Waals surface area contributed by atoms with Crippen molar-refractivity contribution in [1.29, 1.82) is 0 Å². The van der Waals surface area contributed by atoms with Crippen LogP contribution in [-0.2, 0) is 13.2 Å². The molecule has 1 N–H and O–H groups in total. The number of hydrogen-bond acceptors (Lipinski definition) is 4. The predicted octanol–water partition coefficient (Wildman–Crippen LogP) is 4.76. The number of alkyl halides is 1. The van der Waals surface area contributed by atoms with Crippen molar-refractivity contribution >= 4 is 0 Å². The smallest absolute Gasteiger partial charge is 0.181 e. The van der Waals surface area contributed by atoms with Gasteiger partial charge in [0.25, 0.3) is 0 Å². The molecule has 0 saturated heterocycles. The van der Waals surface area contributed by atoms with Crippen LogP contribution in [0.15, 0.2) is 54.6 Å². The summed E-state index contributed by atoms with van der Waals surface area (Å²) in [6.07, 6.45) is 0.595. The molecule has 0 aliphatic heterocycles. The highest BCUT2D eigenvalue weighted by atomic mass is 19.1. The number of aromatic nitrogens is 3. The molecule has 1 fully saturated rings. The van der Waals surface area contributed by atoms with Gasteiger partial charge < -0.3 is 9.84 Å². The zero-order chi connectivity index (χ0) is 21.1. The van der Waals surface area contributed by atoms with Gasteiger partial charge in [-0.05, 0) is 48.6 Å². The minimum absolute atomic E-state index is 0.00405. The Morgan fingerprint density at radius 3 is 2.47 bits per heavy atom. The van der Waals surface area contributed by atoms with Gasteiger partial charge >= 0.3 is 0 Å². The molecule has 1 heterocycles. The van der Waals surface area contributed by atoms with Gasteiger partial charge in [0.1, 0.15) is 23.8 Å². The lowest BCUT2D eigenvalue weighted by Crippen LogP contribution is -2.42. The summed E-state index contributed by atoms with van der Waals surface area (Å²) in [4.78, 5) is 4.74. The molecule has 1 saturated carbocycles. The Morgan fingerprint density at radius 1 is 1.13 bits per heavy atom. The van der Waals surface area contributed by atoms with E-state index in [1.165, 1.54) is 0 Å². The molecule has 0 radical (unpaired) electrons. The number of halogens is 1. The van der Waals surface area contributed by atoms with Crippen LogP contribution in [-0.4, -0.2) is 32.1 Å². The van der Waals surface area contributed by atoms with Gasteiger partial charge in [-0.1, -0.05) is 44.2 Å². The normalized spacial score (nSPS) is 20.9. The molecule has 1 aliphatic rings. The monoisotopic (exact) mass is 409 g/mol. The standard InChI is InChI=1S/C24H28FN3O2/c1-17(2)14-28-23(20-12-24(25,13-20)16-29)26-22(27-28)19-8-10-21(11-9-19)30-15-18-6-4-3-5-7-18/h3-11,17,20,29H,12-16H2,1-2H3. The second kappa shape index (κ2) is 8.56. The van der Waals surface area contributed by atoms with Crippen molar-refractivity contribution in [3.05, 3.63) is 66.0 Å². The molecule has 30 heavy (non-hydrogen) atoms. The number of nitrogens with zero attached hydrogens (tertiary/aromatic N) is 3. The average Bonchev–Trinajstić information content (AvgIpc) is 3.13. The summed E-state index contributed by atoms with van der Waals surface area (Å²) in [7, 11) is 0. The summed E-state index contributed by atoms with van der Waals surface area (Å²) in [5.41, 5.74) is 0.545. The molecule has 158 valence electrons. The highest BCUT2D eigenvalue weighted by Crippen LogP contribution is 2.46. The lowest BCUT2D eigenvalue weighted by Gasteiger charge is -2.39. The predicted molar refractivity (Wildman–Crippen MR) is 114 cm³/mol. The highest BCUT2D eigenvalue weighted by molar-refractivity contribution is 5.56. The van der Waals surface area contributed by atoms with Crippen molar-refractivity contribution in [3.63, 3.8) is 0 Å². The summed E-state index contributed by atoms with van der Waals surface area (Å²) in [5.74, 6) is 2.63. The van der Waals surface area contributed by atoms with Crippen LogP contribution in [0.2, 0.25) is 0 Å². The average molecular weight is 410 g/mol. The lowest BCUT2D eigenvalue weighted by molar-refractivity contribution is -0.0170. The van der Waals surface area contributed by atoms with Gasteiger partial charge in [-0.15, -0.1) is 0 Å². The molecule has 0 amide bonds. The van der Waals surface area contributed by atoms with E-state index in [9.17, 15) is 9.50 Å². The first-order chi connectivity index (χ1) is 14.5. The van der Waals surface area contributed by atoms with E-state index in [0.29, 0.717) is 31.2 Å². The van der Waals surface area contributed by atoms with E-state index in [2.05, 4.69) is 13.8 Å². The molecule has 2 aromatic carbocycles. The van der Waals surface area contributed by atoms with Crippen LogP contribution in [0, 0.1) is 5.92 Å². The van der Waals surface area contributed by atoms with Crippen LogP contribution in [0.5, 0.6) is 5.75 Å². The Kier molecular flexibility index (Phi) is 5.86. The topological polar surface area (TPSA) is 60.2 Å². The van der Waals surface area contributed by atoms with Crippen molar-refractivity contribution in [2.45, 2.75) is 51.4 Å². The number of ether oxygens (including phenoxy) is 1. The van der Waals surface area contributed by atoms with Crippen molar-refractivity contribution < 1.29 is 14.2 Å². The largest absolute Gasteiger partial charge is 0.489 e. The van der Waals surface area contributed by atoms with Gasteiger partial charge in [0.2, 0.25) is 0 Å². The van der Waals surface area contributed by atoms with Gasteiger partial charge in [-0.2, -0.15) is 5.10 Å². The first kappa shape index (κ1) is 20.5. The van der Waals surface area contributed by atoms with Gasteiger partial charge in [-0.25, -0.2) is 14.1 Å². The molecular formula is C24H28FN3O2. The number of hydrogen-bond donors (Lipinski definition) is 1. The molecule has 0 spiro atoms. The fourth-order valence-corrected chi connectivity index (χ4v) is 3.83. The summed E-state index contributed by atoms with van der Waals surface area (Å²) in [6, 6.07) is 17.8. The number of benzene rings is 2. The zero-order valence-corrected chi connectivity index (χ0v) is 17.5. The number of rotatable bonds is 8. The van der Waals surface area contributed by atoms with Gasteiger partial charge in [0.05, 0.1) is 6.61 Å². The third kappa shape index (κ3) is 4.54. The Morgan fingerprint density at radius 2 is 1.83 bits per heavy atom. The molecule has 5 nitrogen and oxygen atoms in total. The fraction of sp³-hybridized carbons (Fsp3) is 0.417. The zero-order valence-electron chi connectivity index (χ0n) is 17.5. The SMILES string of the molecule is CC(C)Cn1nc(-c2ccc(OCc3ccccc3)cc2)nc1C1CC(F)(CO)C1. The van der Waals surface area contributed by atoms with Crippen LogP contribution in [0.4, 0.5) is 4.39 Å². The van der Waals surface area contributed by atoms with Gasteiger partial charge in [0.15, 0.2) is 5.82 Å². The second-order valence-corrected chi connectivity index (χ2v) is 8.58. The second-order valence-electron chi connectivity index (χ2n) is 8.58. The van der Waals surface area contributed by atoms with Gasteiger partial charge in [0, 0.05) is 18.0 Å². The fourth-order valence-electron chi connectivity index (χ4n) is 3.83. The van der Waals surface area contributed by atoms with E-state index in [-0.39, 0.29) is 5.92 Å². The molecule has 0 bridgehead atoms. The number of aliphatic hydroxyl groups excluding tert-OH is 1. The maximum Gasteiger partial charge on any atom is 0.181 e. The molecule has 1 aliphatic carbocycles.